The highest BCUT2D eigenvalue weighted by atomic mass is 19.3. The molecular formula is C11H12F2O. The number of benzene rings is 1. The van der Waals surface area contributed by atoms with Crippen molar-refractivity contribution in [2.24, 2.45) is 5.92 Å². The van der Waals surface area contributed by atoms with Crippen molar-refractivity contribution >= 4 is 5.78 Å². The first kappa shape index (κ1) is 10.8. The highest BCUT2D eigenvalue weighted by Crippen LogP contribution is 2.20. The van der Waals surface area contributed by atoms with Crippen molar-refractivity contribution in [2.75, 3.05) is 0 Å². The molecule has 0 aliphatic heterocycles. The second kappa shape index (κ2) is 4.31. The second-order valence-corrected chi connectivity index (χ2v) is 3.45. The van der Waals surface area contributed by atoms with Gasteiger partial charge in [0.05, 0.1) is 0 Å². The molecule has 0 aliphatic rings. The number of hydrogen-bond acceptors (Lipinski definition) is 1. The summed E-state index contributed by atoms with van der Waals surface area (Å²) < 4.78 is 24.6. The number of carbonyl (C=O) groups is 1. The Labute approximate surface area is 81.7 Å². The maximum atomic E-state index is 12.3. The number of ketones is 1. The van der Waals surface area contributed by atoms with Gasteiger partial charge in [0.15, 0.2) is 5.78 Å². The Morgan fingerprint density at radius 2 is 1.93 bits per heavy atom. The van der Waals surface area contributed by atoms with Crippen LogP contribution in [0.25, 0.3) is 0 Å². The molecule has 0 heterocycles. The summed E-state index contributed by atoms with van der Waals surface area (Å²) in [5.41, 5.74) is 0.259. The van der Waals surface area contributed by atoms with E-state index in [1.807, 2.05) is 0 Å². The van der Waals surface area contributed by atoms with Gasteiger partial charge in [0.2, 0.25) is 0 Å². The minimum absolute atomic E-state index is 0.100. The number of Topliss-reactive ketones (excluding diaryl/α,β-unsaturated/α-hetero) is 1. The van der Waals surface area contributed by atoms with Crippen LogP contribution in [-0.2, 0) is 0 Å². The summed E-state index contributed by atoms with van der Waals surface area (Å²) >= 11 is 0. The highest BCUT2D eigenvalue weighted by Gasteiger charge is 2.13. The minimum Gasteiger partial charge on any atom is -0.294 e. The molecule has 1 aromatic rings. The number of rotatable bonds is 3. The van der Waals surface area contributed by atoms with E-state index in [1.165, 1.54) is 18.2 Å². The summed E-state index contributed by atoms with van der Waals surface area (Å²) in [6.07, 6.45) is -2.52. The molecule has 1 nitrogen and oxygen atoms in total. The zero-order valence-corrected chi connectivity index (χ0v) is 8.13. The summed E-state index contributed by atoms with van der Waals surface area (Å²) in [5.74, 6) is -0.268. The van der Waals surface area contributed by atoms with E-state index in [9.17, 15) is 13.6 Å². The molecule has 1 aromatic carbocycles. The van der Waals surface area contributed by atoms with Gasteiger partial charge < -0.3 is 0 Å². The summed E-state index contributed by atoms with van der Waals surface area (Å²) in [5, 5.41) is 0. The molecule has 0 unspecified atom stereocenters. The van der Waals surface area contributed by atoms with E-state index in [1.54, 1.807) is 19.9 Å². The number of halogens is 2. The van der Waals surface area contributed by atoms with Crippen LogP contribution in [0.1, 0.15) is 36.2 Å². The van der Waals surface area contributed by atoms with E-state index < -0.39 is 6.43 Å². The topological polar surface area (TPSA) is 17.1 Å². The van der Waals surface area contributed by atoms with Gasteiger partial charge in [0.25, 0.3) is 6.43 Å². The fourth-order valence-corrected chi connectivity index (χ4v) is 1.16. The standard InChI is InChI=1S/C11H12F2O/c1-7(2)10(14)8-4-3-5-9(6-8)11(12)13/h3-7,11H,1-2H3. The van der Waals surface area contributed by atoms with Crippen molar-refractivity contribution in [1.82, 2.24) is 0 Å². The second-order valence-electron chi connectivity index (χ2n) is 3.45. The zero-order chi connectivity index (χ0) is 10.7. The van der Waals surface area contributed by atoms with Crippen molar-refractivity contribution < 1.29 is 13.6 Å². The van der Waals surface area contributed by atoms with Gasteiger partial charge in [0.1, 0.15) is 0 Å². The van der Waals surface area contributed by atoms with Crippen LogP contribution in [0.2, 0.25) is 0 Å². The average molecular weight is 198 g/mol. The first-order valence-electron chi connectivity index (χ1n) is 4.44. The Morgan fingerprint density at radius 3 is 2.43 bits per heavy atom. The monoisotopic (exact) mass is 198 g/mol. The van der Waals surface area contributed by atoms with E-state index in [4.69, 9.17) is 0 Å². The van der Waals surface area contributed by atoms with Gasteiger partial charge in [-0.25, -0.2) is 8.78 Å². The third kappa shape index (κ3) is 2.37. The van der Waals surface area contributed by atoms with Crippen molar-refractivity contribution in [3.63, 3.8) is 0 Å². The van der Waals surface area contributed by atoms with Gasteiger partial charge in [-0.3, -0.25) is 4.79 Å². The van der Waals surface area contributed by atoms with Gasteiger partial charge in [0, 0.05) is 17.0 Å². The van der Waals surface area contributed by atoms with E-state index >= 15 is 0 Å². The molecule has 0 saturated carbocycles. The third-order valence-electron chi connectivity index (χ3n) is 1.95. The first-order chi connectivity index (χ1) is 6.52. The van der Waals surface area contributed by atoms with Gasteiger partial charge in [-0.2, -0.15) is 0 Å². The molecule has 0 saturated heterocycles. The van der Waals surface area contributed by atoms with Crippen molar-refractivity contribution in [2.45, 2.75) is 20.3 Å². The molecule has 0 radical (unpaired) electrons. The molecule has 76 valence electrons. The van der Waals surface area contributed by atoms with Crippen LogP contribution in [0.5, 0.6) is 0 Å². The van der Waals surface area contributed by atoms with Gasteiger partial charge in [-0.05, 0) is 6.07 Å². The maximum absolute atomic E-state index is 12.3. The predicted molar refractivity (Wildman–Crippen MR) is 50.6 cm³/mol. The van der Waals surface area contributed by atoms with Gasteiger partial charge >= 0.3 is 0 Å². The smallest absolute Gasteiger partial charge is 0.263 e. The number of alkyl halides is 2. The fraction of sp³-hybridized carbons (Fsp3) is 0.364. The van der Waals surface area contributed by atoms with Crippen LogP contribution in [0, 0.1) is 5.92 Å². The van der Waals surface area contributed by atoms with Crippen LogP contribution in [0.3, 0.4) is 0 Å². The van der Waals surface area contributed by atoms with Gasteiger partial charge in [-0.15, -0.1) is 0 Å². The molecule has 0 amide bonds. The molecule has 14 heavy (non-hydrogen) atoms. The molecule has 0 aromatic heterocycles. The quantitative estimate of drug-likeness (QED) is 0.680. The van der Waals surface area contributed by atoms with E-state index in [-0.39, 0.29) is 17.3 Å². The van der Waals surface area contributed by atoms with E-state index in [0.717, 1.165) is 0 Å². The van der Waals surface area contributed by atoms with Crippen molar-refractivity contribution in [3.8, 4) is 0 Å². The molecule has 0 fully saturated rings. The van der Waals surface area contributed by atoms with E-state index in [2.05, 4.69) is 0 Å². The SMILES string of the molecule is CC(C)C(=O)c1cccc(C(F)F)c1. The predicted octanol–water partition coefficient (Wildman–Crippen LogP) is 3.46. The lowest BCUT2D eigenvalue weighted by molar-refractivity contribution is 0.0939. The Bertz CT molecular complexity index is 332. The van der Waals surface area contributed by atoms with Crippen molar-refractivity contribution in [3.05, 3.63) is 35.4 Å². The van der Waals surface area contributed by atoms with Gasteiger partial charge in [-0.1, -0.05) is 32.0 Å². The summed E-state index contributed by atoms with van der Waals surface area (Å²) in [7, 11) is 0. The highest BCUT2D eigenvalue weighted by molar-refractivity contribution is 5.97. The molecule has 0 aliphatic carbocycles. The molecule has 0 N–H and O–H groups in total. The van der Waals surface area contributed by atoms with Crippen molar-refractivity contribution in [1.29, 1.82) is 0 Å². The van der Waals surface area contributed by atoms with E-state index in [0.29, 0.717) is 5.56 Å². The summed E-state index contributed by atoms with van der Waals surface area (Å²) in [6, 6.07) is 5.63. The van der Waals surface area contributed by atoms with Crippen LogP contribution in [-0.4, -0.2) is 5.78 Å². The van der Waals surface area contributed by atoms with Crippen LogP contribution in [0.4, 0.5) is 8.78 Å². The Balaban J connectivity index is 3.00. The Kier molecular flexibility index (Phi) is 3.33. The lowest BCUT2D eigenvalue weighted by atomic mass is 9.99. The Morgan fingerprint density at radius 1 is 1.29 bits per heavy atom. The van der Waals surface area contributed by atoms with Crippen LogP contribution < -0.4 is 0 Å². The molecule has 3 heteroatoms. The number of carbonyl (C=O) groups excluding carboxylic acids is 1. The third-order valence-corrected chi connectivity index (χ3v) is 1.95. The summed E-state index contributed by atoms with van der Waals surface area (Å²) in [6.45, 7) is 3.49. The van der Waals surface area contributed by atoms with Crippen LogP contribution >= 0.6 is 0 Å². The van der Waals surface area contributed by atoms with Crippen LogP contribution in [0.15, 0.2) is 24.3 Å². The fourth-order valence-electron chi connectivity index (χ4n) is 1.16. The minimum atomic E-state index is -2.52. The molecule has 0 atom stereocenters. The average Bonchev–Trinajstić information content (AvgIpc) is 2.16. The summed E-state index contributed by atoms with van der Waals surface area (Å²) in [4.78, 5) is 11.5. The molecular weight excluding hydrogens is 186 g/mol. The molecule has 1 rings (SSSR count). The lowest BCUT2D eigenvalue weighted by Crippen LogP contribution is -2.07. The first-order valence-corrected chi connectivity index (χ1v) is 4.44. The zero-order valence-electron chi connectivity index (χ0n) is 8.13. The normalized spacial score (nSPS) is 11.0. The number of hydrogen-bond donors (Lipinski definition) is 0. The maximum Gasteiger partial charge on any atom is 0.263 e. The molecule has 0 spiro atoms. The lowest BCUT2D eigenvalue weighted by Gasteiger charge is -2.05. The largest absolute Gasteiger partial charge is 0.294 e. The molecule has 0 bridgehead atoms. The Hall–Kier alpha value is -1.25.